The number of hydrogen-bond acceptors (Lipinski definition) is 6. The minimum absolute atomic E-state index is 0.0500. The molecular weight excluding hydrogens is 438 g/mol. The van der Waals surface area contributed by atoms with Gasteiger partial charge >= 0.3 is 0 Å². The normalized spacial score (nSPS) is 15.1. The van der Waals surface area contributed by atoms with Crippen molar-refractivity contribution in [3.8, 4) is 23.0 Å². The molecule has 33 heavy (non-hydrogen) atoms. The zero-order chi connectivity index (χ0) is 22.8. The van der Waals surface area contributed by atoms with Gasteiger partial charge in [-0.15, -0.1) is 0 Å². The number of nitrogens with zero attached hydrogens (tertiary/aromatic N) is 2. The average Bonchev–Trinajstić information content (AvgIpc) is 3.34. The van der Waals surface area contributed by atoms with Crippen LogP contribution >= 0.6 is 11.6 Å². The van der Waals surface area contributed by atoms with E-state index in [1.807, 2.05) is 66.7 Å². The first-order chi connectivity index (χ1) is 16.1. The van der Waals surface area contributed by atoms with Crippen LogP contribution < -0.4 is 19.6 Å². The Labute approximate surface area is 196 Å². The summed E-state index contributed by atoms with van der Waals surface area (Å²) in [5.41, 5.74) is 7.15. The summed E-state index contributed by atoms with van der Waals surface area (Å²) < 4.78 is 17.1. The van der Waals surface area contributed by atoms with Crippen LogP contribution in [0.1, 0.15) is 23.6 Å². The van der Waals surface area contributed by atoms with Gasteiger partial charge in [0.25, 0.3) is 0 Å². The van der Waals surface area contributed by atoms with E-state index in [2.05, 4.69) is 15.5 Å². The van der Waals surface area contributed by atoms with E-state index in [1.54, 1.807) is 20.4 Å². The monoisotopic (exact) mass is 459 g/mol. The maximum absolute atomic E-state index is 6.21. The molecule has 1 aliphatic rings. The highest BCUT2D eigenvalue weighted by Gasteiger charge is 2.23. The molecule has 1 N–H and O–H groups in total. The maximum atomic E-state index is 6.21. The maximum Gasteiger partial charge on any atom is 0.169 e. The smallest absolute Gasteiger partial charge is 0.169 e. The molecule has 0 spiro atoms. The van der Waals surface area contributed by atoms with Crippen molar-refractivity contribution >= 4 is 28.2 Å². The summed E-state index contributed by atoms with van der Waals surface area (Å²) in [4.78, 5) is 4.37. The van der Waals surface area contributed by atoms with Crippen molar-refractivity contribution in [2.75, 3.05) is 14.2 Å². The van der Waals surface area contributed by atoms with Crippen LogP contribution in [0.25, 0.3) is 10.9 Å². The van der Waals surface area contributed by atoms with Crippen molar-refractivity contribution in [2.45, 2.75) is 12.5 Å². The Kier molecular flexibility index (Phi) is 5.75. The van der Waals surface area contributed by atoms with Crippen LogP contribution in [0.15, 0.2) is 78.0 Å². The number of benzene rings is 3. The first-order valence-electron chi connectivity index (χ1n) is 10.5. The second-order valence-electron chi connectivity index (χ2n) is 7.66. The predicted molar refractivity (Wildman–Crippen MR) is 130 cm³/mol. The Hall–Kier alpha value is -3.77. The number of nitrogens with one attached hydrogen (secondary N) is 1. The van der Waals surface area contributed by atoms with Gasteiger partial charge in [-0.2, -0.15) is 5.10 Å². The molecule has 1 aromatic heterocycles. The van der Waals surface area contributed by atoms with Gasteiger partial charge in [-0.3, -0.25) is 4.98 Å². The fourth-order valence-electron chi connectivity index (χ4n) is 3.89. The molecule has 3 aromatic carbocycles. The lowest BCUT2D eigenvalue weighted by Gasteiger charge is -2.16. The lowest BCUT2D eigenvalue weighted by molar-refractivity contribution is 0.379. The van der Waals surface area contributed by atoms with Gasteiger partial charge in [0, 0.05) is 23.0 Å². The number of hydrazone groups is 1. The zero-order valence-corrected chi connectivity index (χ0v) is 19.0. The lowest BCUT2D eigenvalue weighted by atomic mass is 9.99. The number of halogens is 1. The van der Waals surface area contributed by atoms with E-state index >= 15 is 0 Å². The Bertz CT molecular complexity index is 1340. The summed E-state index contributed by atoms with van der Waals surface area (Å²) in [6.07, 6.45) is 2.47. The highest BCUT2D eigenvalue weighted by molar-refractivity contribution is 6.31. The van der Waals surface area contributed by atoms with Crippen molar-refractivity contribution in [2.24, 2.45) is 5.10 Å². The lowest BCUT2D eigenvalue weighted by Crippen LogP contribution is -2.10. The molecule has 6 nitrogen and oxygen atoms in total. The second-order valence-corrected chi connectivity index (χ2v) is 8.09. The summed E-state index contributed by atoms with van der Waals surface area (Å²) in [7, 11) is 3.30. The molecule has 4 aromatic rings. The highest BCUT2D eigenvalue weighted by atomic mass is 35.5. The van der Waals surface area contributed by atoms with E-state index < -0.39 is 0 Å². The number of fused-ring (bicyclic) bond motifs is 1. The van der Waals surface area contributed by atoms with Gasteiger partial charge in [0.15, 0.2) is 11.5 Å². The zero-order valence-electron chi connectivity index (χ0n) is 18.2. The van der Waals surface area contributed by atoms with E-state index in [4.69, 9.17) is 25.8 Å². The number of methoxy groups -OCH3 is 2. The van der Waals surface area contributed by atoms with Crippen LogP contribution in [0.4, 0.5) is 0 Å². The van der Waals surface area contributed by atoms with Crippen molar-refractivity contribution in [1.82, 2.24) is 10.4 Å². The third kappa shape index (κ3) is 4.30. The fraction of sp³-hybridized carbons (Fsp3) is 0.154. The minimum atomic E-state index is 0.0500. The molecule has 0 amide bonds. The number of aromatic nitrogens is 1. The van der Waals surface area contributed by atoms with Crippen molar-refractivity contribution in [1.29, 1.82) is 0 Å². The Morgan fingerprint density at radius 3 is 2.52 bits per heavy atom. The van der Waals surface area contributed by atoms with Crippen LogP contribution in [0.2, 0.25) is 5.02 Å². The molecule has 0 radical (unpaired) electrons. The standard InChI is InChI=1S/C26H22ClN3O3/c1-31-19-7-3-16(4-8-19)21-15-22(30-29-21)17-5-10-25(26(13-17)32-2)33-24-11-12-28-23-14-18(27)6-9-20(23)24/h3-14,22,30H,15H2,1-2H3. The summed E-state index contributed by atoms with van der Waals surface area (Å²) in [6.45, 7) is 0. The summed E-state index contributed by atoms with van der Waals surface area (Å²) in [6, 6.07) is 21.3. The predicted octanol–water partition coefficient (Wildman–Crippen LogP) is 6.14. The van der Waals surface area contributed by atoms with Gasteiger partial charge in [0.2, 0.25) is 0 Å². The van der Waals surface area contributed by atoms with Crippen molar-refractivity contribution in [3.05, 3.63) is 89.1 Å². The van der Waals surface area contributed by atoms with Crippen LogP contribution in [0.5, 0.6) is 23.0 Å². The fourth-order valence-corrected chi connectivity index (χ4v) is 4.05. The van der Waals surface area contributed by atoms with Gasteiger partial charge in [-0.05, 0) is 71.8 Å². The first kappa shape index (κ1) is 21.1. The molecule has 0 aliphatic carbocycles. The van der Waals surface area contributed by atoms with E-state index in [-0.39, 0.29) is 6.04 Å². The van der Waals surface area contributed by atoms with E-state index in [9.17, 15) is 0 Å². The Morgan fingerprint density at radius 1 is 0.879 bits per heavy atom. The summed E-state index contributed by atoms with van der Waals surface area (Å²) in [5.74, 6) is 2.78. The SMILES string of the molecule is COc1ccc(C2=NNC(c3ccc(Oc4ccnc5cc(Cl)ccc45)c(OC)c3)C2)cc1. The summed E-state index contributed by atoms with van der Waals surface area (Å²) in [5, 5.41) is 6.05. The molecule has 0 bridgehead atoms. The molecule has 166 valence electrons. The Morgan fingerprint density at radius 2 is 1.73 bits per heavy atom. The van der Waals surface area contributed by atoms with E-state index in [0.717, 1.165) is 39.9 Å². The van der Waals surface area contributed by atoms with Gasteiger partial charge in [-0.1, -0.05) is 17.7 Å². The van der Waals surface area contributed by atoms with Gasteiger partial charge in [0.1, 0.15) is 11.5 Å². The largest absolute Gasteiger partial charge is 0.497 e. The van der Waals surface area contributed by atoms with Crippen molar-refractivity contribution in [3.63, 3.8) is 0 Å². The molecule has 5 rings (SSSR count). The van der Waals surface area contributed by atoms with Gasteiger partial charge < -0.3 is 19.6 Å². The molecule has 1 aliphatic heterocycles. The van der Waals surface area contributed by atoms with Crippen LogP contribution in [0, 0.1) is 0 Å². The van der Waals surface area contributed by atoms with Crippen molar-refractivity contribution < 1.29 is 14.2 Å². The highest BCUT2D eigenvalue weighted by Crippen LogP contribution is 2.38. The molecule has 0 fully saturated rings. The number of pyridine rings is 1. The second kappa shape index (κ2) is 9.00. The molecule has 0 saturated carbocycles. The first-order valence-corrected chi connectivity index (χ1v) is 10.9. The Balaban J connectivity index is 1.36. The third-order valence-corrected chi connectivity index (χ3v) is 5.89. The summed E-state index contributed by atoms with van der Waals surface area (Å²) >= 11 is 6.10. The topological polar surface area (TPSA) is 65.0 Å². The van der Waals surface area contributed by atoms with E-state index in [0.29, 0.717) is 22.3 Å². The number of rotatable bonds is 6. The number of ether oxygens (including phenoxy) is 3. The molecule has 7 heteroatoms. The van der Waals surface area contributed by atoms with Gasteiger partial charge in [-0.25, -0.2) is 0 Å². The molecule has 1 unspecified atom stereocenters. The quantitative estimate of drug-likeness (QED) is 0.375. The van der Waals surface area contributed by atoms with Crippen LogP contribution in [0.3, 0.4) is 0 Å². The third-order valence-electron chi connectivity index (χ3n) is 5.65. The minimum Gasteiger partial charge on any atom is -0.497 e. The van der Waals surface area contributed by atoms with E-state index in [1.165, 1.54) is 0 Å². The van der Waals surface area contributed by atoms with Gasteiger partial charge in [0.05, 0.1) is 31.5 Å². The number of hydrogen-bond donors (Lipinski definition) is 1. The van der Waals surface area contributed by atoms with Crippen LogP contribution in [-0.2, 0) is 0 Å². The average molecular weight is 460 g/mol. The van der Waals surface area contributed by atoms with Crippen LogP contribution in [-0.4, -0.2) is 24.9 Å². The molecule has 1 atom stereocenters. The molecule has 0 saturated heterocycles. The molecule has 2 heterocycles. The molecular formula is C26H22ClN3O3.